The van der Waals surface area contributed by atoms with Gasteiger partial charge in [-0.05, 0) is 19.3 Å². The fraction of sp³-hybridized carbons (Fsp3) is 0.909. The normalized spacial score (nSPS) is 20.6. The molecule has 18 heavy (non-hydrogen) atoms. The predicted octanol–water partition coefficient (Wildman–Crippen LogP) is -0.0484. The Kier molecular flexibility index (Phi) is 5.55. The number of piperidine rings is 1. The van der Waals surface area contributed by atoms with Crippen LogP contribution < -0.4 is 5.32 Å². The first-order chi connectivity index (χ1) is 8.38. The molecule has 106 valence electrons. The van der Waals surface area contributed by atoms with Gasteiger partial charge in [-0.15, -0.1) is 0 Å². The molecule has 1 amide bonds. The van der Waals surface area contributed by atoms with E-state index in [0.29, 0.717) is 32.4 Å². The maximum Gasteiger partial charge on any atom is 0.249 e. The minimum Gasteiger partial charge on any atom is -0.372 e. The molecule has 0 spiro atoms. The zero-order chi connectivity index (χ0) is 13.8. The van der Waals surface area contributed by atoms with Crippen LogP contribution in [0.2, 0.25) is 0 Å². The summed E-state index contributed by atoms with van der Waals surface area (Å²) in [6.07, 6.45) is 2.73. The van der Waals surface area contributed by atoms with Crippen molar-refractivity contribution in [2.24, 2.45) is 0 Å². The van der Waals surface area contributed by atoms with Gasteiger partial charge >= 0.3 is 0 Å². The van der Waals surface area contributed by atoms with Gasteiger partial charge in [0.2, 0.25) is 15.9 Å². The lowest BCUT2D eigenvalue weighted by molar-refractivity contribution is -0.132. The number of methoxy groups -OCH3 is 1. The number of sulfonamides is 1. The SMILES string of the molecule is CCC(OC)C(=O)NC1CCN(S(C)(=O)=O)CC1. The van der Waals surface area contributed by atoms with Gasteiger partial charge in [0.05, 0.1) is 6.26 Å². The van der Waals surface area contributed by atoms with E-state index < -0.39 is 16.1 Å². The van der Waals surface area contributed by atoms with Crippen molar-refractivity contribution in [2.75, 3.05) is 26.5 Å². The Hall–Kier alpha value is -0.660. The van der Waals surface area contributed by atoms with E-state index in [9.17, 15) is 13.2 Å². The van der Waals surface area contributed by atoms with Crippen molar-refractivity contribution in [3.05, 3.63) is 0 Å². The molecule has 1 aliphatic rings. The number of carbonyl (C=O) groups is 1. The summed E-state index contributed by atoms with van der Waals surface area (Å²) in [5.74, 6) is -0.113. The van der Waals surface area contributed by atoms with Crippen LogP contribution in [0, 0.1) is 0 Å². The highest BCUT2D eigenvalue weighted by Crippen LogP contribution is 2.13. The second kappa shape index (κ2) is 6.49. The van der Waals surface area contributed by atoms with E-state index in [2.05, 4.69) is 5.32 Å². The first-order valence-electron chi connectivity index (χ1n) is 6.16. The van der Waals surface area contributed by atoms with E-state index in [1.165, 1.54) is 17.7 Å². The Morgan fingerprint density at radius 3 is 2.39 bits per heavy atom. The van der Waals surface area contributed by atoms with E-state index in [-0.39, 0.29) is 11.9 Å². The van der Waals surface area contributed by atoms with Crippen LogP contribution in [0.5, 0.6) is 0 Å². The van der Waals surface area contributed by atoms with Crippen molar-refractivity contribution >= 4 is 15.9 Å². The van der Waals surface area contributed by atoms with E-state index >= 15 is 0 Å². The third-order valence-corrected chi connectivity index (χ3v) is 4.52. The minimum absolute atomic E-state index is 0.0414. The van der Waals surface area contributed by atoms with Gasteiger partial charge in [-0.2, -0.15) is 0 Å². The number of rotatable bonds is 5. The van der Waals surface area contributed by atoms with Crippen LogP contribution in [0.15, 0.2) is 0 Å². The van der Waals surface area contributed by atoms with Crippen LogP contribution in [0.4, 0.5) is 0 Å². The number of nitrogens with one attached hydrogen (secondary N) is 1. The first-order valence-corrected chi connectivity index (χ1v) is 8.01. The molecule has 1 rings (SSSR count). The van der Waals surface area contributed by atoms with Crippen LogP contribution >= 0.6 is 0 Å². The van der Waals surface area contributed by atoms with Crippen LogP contribution in [-0.2, 0) is 19.6 Å². The van der Waals surface area contributed by atoms with Crippen LogP contribution in [0.1, 0.15) is 26.2 Å². The number of carbonyl (C=O) groups excluding carboxylic acids is 1. The molecule has 0 aromatic rings. The van der Waals surface area contributed by atoms with E-state index in [0.717, 1.165) is 0 Å². The van der Waals surface area contributed by atoms with Gasteiger partial charge in [0.25, 0.3) is 0 Å². The minimum atomic E-state index is -3.11. The smallest absolute Gasteiger partial charge is 0.249 e. The van der Waals surface area contributed by atoms with Crippen molar-refractivity contribution < 1.29 is 17.9 Å². The second-order valence-electron chi connectivity index (χ2n) is 4.58. The zero-order valence-electron chi connectivity index (χ0n) is 11.2. The zero-order valence-corrected chi connectivity index (χ0v) is 12.0. The summed E-state index contributed by atoms with van der Waals surface area (Å²) in [6, 6.07) is 0.0414. The molecule has 6 nitrogen and oxygen atoms in total. The van der Waals surface area contributed by atoms with Crippen molar-refractivity contribution in [3.8, 4) is 0 Å². The number of amides is 1. The molecule has 0 aromatic carbocycles. The molecular weight excluding hydrogens is 256 g/mol. The summed E-state index contributed by atoms with van der Waals surface area (Å²) in [4.78, 5) is 11.8. The Morgan fingerprint density at radius 1 is 1.44 bits per heavy atom. The fourth-order valence-corrected chi connectivity index (χ4v) is 2.96. The molecule has 1 unspecified atom stereocenters. The van der Waals surface area contributed by atoms with E-state index in [1.54, 1.807) is 0 Å². The topological polar surface area (TPSA) is 75.7 Å². The number of hydrogen-bond acceptors (Lipinski definition) is 4. The summed E-state index contributed by atoms with van der Waals surface area (Å²) >= 11 is 0. The molecule has 1 fully saturated rings. The highest BCUT2D eigenvalue weighted by Gasteiger charge is 2.27. The third kappa shape index (κ3) is 4.22. The monoisotopic (exact) mass is 278 g/mol. The Labute approximate surface area is 109 Å². The average molecular weight is 278 g/mol. The summed E-state index contributed by atoms with van der Waals surface area (Å²) in [7, 11) is -1.59. The second-order valence-corrected chi connectivity index (χ2v) is 6.56. The van der Waals surface area contributed by atoms with Crippen LogP contribution in [0.25, 0.3) is 0 Å². The molecule has 1 saturated heterocycles. The quantitative estimate of drug-likeness (QED) is 0.765. The lowest BCUT2D eigenvalue weighted by Gasteiger charge is -2.31. The van der Waals surface area contributed by atoms with Gasteiger partial charge in [0.15, 0.2) is 0 Å². The molecule has 0 aromatic heterocycles. The van der Waals surface area contributed by atoms with Gasteiger partial charge in [-0.1, -0.05) is 6.92 Å². The average Bonchev–Trinajstić information content (AvgIpc) is 2.30. The van der Waals surface area contributed by atoms with Crippen molar-refractivity contribution in [2.45, 2.75) is 38.3 Å². The van der Waals surface area contributed by atoms with E-state index in [1.807, 2.05) is 6.92 Å². The van der Waals surface area contributed by atoms with Crippen molar-refractivity contribution in [1.29, 1.82) is 0 Å². The van der Waals surface area contributed by atoms with Crippen molar-refractivity contribution in [1.82, 2.24) is 9.62 Å². The molecule has 1 atom stereocenters. The molecule has 0 saturated carbocycles. The first kappa shape index (κ1) is 15.4. The van der Waals surface area contributed by atoms with E-state index in [4.69, 9.17) is 4.74 Å². The maximum atomic E-state index is 11.8. The van der Waals surface area contributed by atoms with Gasteiger partial charge in [-0.25, -0.2) is 12.7 Å². The number of hydrogen-bond donors (Lipinski definition) is 1. The molecule has 7 heteroatoms. The molecule has 1 aliphatic heterocycles. The van der Waals surface area contributed by atoms with Gasteiger partial charge < -0.3 is 10.1 Å². The predicted molar refractivity (Wildman–Crippen MR) is 68.7 cm³/mol. The third-order valence-electron chi connectivity index (χ3n) is 3.22. The number of ether oxygens (including phenoxy) is 1. The molecule has 0 radical (unpaired) electrons. The number of nitrogens with zero attached hydrogens (tertiary/aromatic N) is 1. The van der Waals surface area contributed by atoms with Crippen LogP contribution in [-0.4, -0.2) is 57.2 Å². The highest BCUT2D eigenvalue weighted by atomic mass is 32.2. The largest absolute Gasteiger partial charge is 0.372 e. The Bertz CT molecular complexity index is 371. The van der Waals surface area contributed by atoms with Gasteiger partial charge in [0.1, 0.15) is 6.10 Å². The molecule has 1 heterocycles. The lowest BCUT2D eigenvalue weighted by atomic mass is 10.1. The molecule has 1 N–H and O–H groups in total. The molecule has 0 bridgehead atoms. The van der Waals surface area contributed by atoms with Gasteiger partial charge in [-0.3, -0.25) is 4.79 Å². The maximum absolute atomic E-state index is 11.8. The fourth-order valence-electron chi connectivity index (χ4n) is 2.09. The molecular formula is C11H22N2O4S. The Balaban J connectivity index is 2.42. The molecule has 0 aliphatic carbocycles. The highest BCUT2D eigenvalue weighted by molar-refractivity contribution is 7.88. The van der Waals surface area contributed by atoms with Crippen LogP contribution in [0.3, 0.4) is 0 Å². The van der Waals surface area contributed by atoms with Gasteiger partial charge in [0, 0.05) is 26.2 Å². The summed E-state index contributed by atoms with van der Waals surface area (Å²) in [5, 5.41) is 2.91. The lowest BCUT2D eigenvalue weighted by Crippen LogP contribution is -2.48. The standard InChI is InChI=1S/C11H22N2O4S/c1-4-10(17-2)11(14)12-9-5-7-13(8-6-9)18(3,15)16/h9-10H,4-8H2,1-3H3,(H,12,14). The Morgan fingerprint density at radius 2 is 2.00 bits per heavy atom. The summed E-state index contributed by atoms with van der Waals surface area (Å²) in [5.41, 5.74) is 0. The summed E-state index contributed by atoms with van der Waals surface area (Å²) < 4.78 is 29.2. The van der Waals surface area contributed by atoms with Crippen molar-refractivity contribution in [3.63, 3.8) is 0 Å². The summed E-state index contributed by atoms with van der Waals surface area (Å²) in [6.45, 7) is 2.82.